The summed E-state index contributed by atoms with van der Waals surface area (Å²) in [5.41, 5.74) is -1.27. The van der Waals surface area contributed by atoms with Gasteiger partial charge in [0.25, 0.3) is 0 Å². The van der Waals surface area contributed by atoms with Crippen LogP contribution in [0.25, 0.3) is 0 Å². The van der Waals surface area contributed by atoms with Crippen LogP contribution in [0.3, 0.4) is 0 Å². The first-order valence-corrected chi connectivity index (χ1v) is 11.8. The molecule has 1 aromatic carbocycles. The van der Waals surface area contributed by atoms with Crippen LogP contribution in [0.2, 0.25) is 0 Å². The number of benzene rings is 1. The molecule has 3 fully saturated rings. The summed E-state index contributed by atoms with van der Waals surface area (Å²) in [6, 6.07) is 6.15. The van der Waals surface area contributed by atoms with E-state index in [-0.39, 0.29) is 48.2 Å². The molecule has 0 N–H and O–H groups in total. The highest BCUT2D eigenvalue weighted by atomic mass is 19.1. The summed E-state index contributed by atoms with van der Waals surface area (Å²) in [7, 11) is 1.79. The zero-order valence-electron chi connectivity index (χ0n) is 18.4. The Morgan fingerprint density at radius 1 is 1.03 bits per heavy atom. The van der Waals surface area contributed by atoms with Crippen molar-refractivity contribution < 1.29 is 18.8 Å². The Balaban J connectivity index is 1.66. The molecule has 0 spiro atoms. The van der Waals surface area contributed by atoms with E-state index in [1.54, 1.807) is 30.1 Å². The molecule has 3 aliphatic rings. The van der Waals surface area contributed by atoms with Crippen LogP contribution in [0.1, 0.15) is 82.6 Å². The van der Waals surface area contributed by atoms with Crippen LogP contribution >= 0.6 is 0 Å². The third-order valence-electron chi connectivity index (χ3n) is 7.65. The number of imide groups is 1. The number of hydrogen-bond acceptors (Lipinski definition) is 3. The summed E-state index contributed by atoms with van der Waals surface area (Å²) >= 11 is 0. The van der Waals surface area contributed by atoms with Gasteiger partial charge in [0.1, 0.15) is 5.82 Å². The molecule has 0 aromatic heterocycles. The van der Waals surface area contributed by atoms with Gasteiger partial charge >= 0.3 is 0 Å². The van der Waals surface area contributed by atoms with E-state index in [4.69, 9.17) is 0 Å². The summed E-state index contributed by atoms with van der Waals surface area (Å²) in [5, 5.41) is 0. The molecule has 6 heteroatoms. The lowest BCUT2D eigenvalue weighted by molar-refractivity contribution is -0.145. The van der Waals surface area contributed by atoms with Gasteiger partial charge in [0, 0.05) is 37.5 Å². The van der Waals surface area contributed by atoms with E-state index in [1.165, 1.54) is 17.4 Å². The molecule has 2 aliphatic carbocycles. The van der Waals surface area contributed by atoms with Crippen molar-refractivity contribution in [3.05, 3.63) is 35.6 Å². The van der Waals surface area contributed by atoms with Crippen LogP contribution in [0.4, 0.5) is 4.39 Å². The van der Waals surface area contributed by atoms with E-state index in [2.05, 4.69) is 0 Å². The fourth-order valence-corrected chi connectivity index (χ4v) is 5.82. The maximum Gasteiger partial charge on any atom is 0.241 e. The smallest absolute Gasteiger partial charge is 0.241 e. The van der Waals surface area contributed by atoms with E-state index in [9.17, 15) is 18.8 Å². The maximum atomic E-state index is 15.0. The molecule has 0 bridgehead atoms. The lowest BCUT2D eigenvalue weighted by Crippen LogP contribution is -2.48. The highest BCUT2D eigenvalue weighted by molar-refractivity contribution is 6.11. The number of hydrogen-bond donors (Lipinski definition) is 0. The zero-order chi connectivity index (χ0) is 22.0. The van der Waals surface area contributed by atoms with Gasteiger partial charge in [-0.2, -0.15) is 0 Å². The van der Waals surface area contributed by atoms with Crippen molar-refractivity contribution in [2.75, 3.05) is 7.05 Å². The molecule has 0 unspecified atom stereocenters. The van der Waals surface area contributed by atoms with Crippen molar-refractivity contribution in [2.24, 2.45) is 0 Å². The van der Waals surface area contributed by atoms with Gasteiger partial charge in [-0.05, 0) is 31.7 Å². The van der Waals surface area contributed by atoms with Gasteiger partial charge in [0.05, 0.1) is 5.41 Å². The normalized spacial score (nSPS) is 25.8. The summed E-state index contributed by atoms with van der Waals surface area (Å²) < 4.78 is 15.0. The molecule has 3 amide bonds. The summed E-state index contributed by atoms with van der Waals surface area (Å²) in [5.74, 6) is -1.36. The molecule has 0 radical (unpaired) electrons. The number of likely N-dealkylation sites (tertiary alicyclic amines) is 1. The topological polar surface area (TPSA) is 57.7 Å². The molecule has 1 aliphatic heterocycles. The quantitative estimate of drug-likeness (QED) is 0.656. The van der Waals surface area contributed by atoms with Crippen molar-refractivity contribution >= 4 is 17.7 Å². The number of carbonyl (C=O) groups excluding carboxylic acids is 3. The molecule has 168 valence electrons. The Labute approximate surface area is 184 Å². The average Bonchev–Trinajstić information content (AvgIpc) is 3.04. The molecule has 2 saturated carbocycles. The maximum absolute atomic E-state index is 15.0. The van der Waals surface area contributed by atoms with Crippen molar-refractivity contribution in [1.29, 1.82) is 0 Å². The second-order valence-corrected chi connectivity index (χ2v) is 9.57. The van der Waals surface area contributed by atoms with Gasteiger partial charge in [0.15, 0.2) is 0 Å². The first kappa shape index (κ1) is 22.0. The van der Waals surface area contributed by atoms with Gasteiger partial charge in [-0.25, -0.2) is 4.39 Å². The summed E-state index contributed by atoms with van der Waals surface area (Å²) in [4.78, 5) is 43.3. The van der Waals surface area contributed by atoms with Gasteiger partial charge in [-0.15, -0.1) is 0 Å². The molecule has 1 atom stereocenters. The number of nitrogens with zero attached hydrogens (tertiary/aromatic N) is 2. The lowest BCUT2D eigenvalue weighted by Gasteiger charge is -2.35. The molecule has 4 rings (SSSR count). The van der Waals surface area contributed by atoms with E-state index in [0.717, 1.165) is 57.8 Å². The largest absolute Gasteiger partial charge is 0.343 e. The van der Waals surface area contributed by atoms with Crippen molar-refractivity contribution in [1.82, 2.24) is 9.80 Å². The second kappa shape index (κ2) is 9.09. The van der Waals surface area contributed by atoms with Crippen LogP contribution in [-0.4, -0.2) is 46.7 Å². The Hall–Kier alpha value is -2.24. The molecule has 1 heterocycles. The predicted molar refractivity (Wildman–Crippen MR) is 116 cm³/mol. The molecule has 1 saturated heterocycles. The van der Waals surface area contributed by atoms with E-state index < -0.39 is 11.2 Å². The van der Waals surface area contributed by atoms with Gasteiger partial charge in [0.2, 0.25) is 17.7 Å². The predicted octanol–water partition coefficient (Wildman–Crippen LogP) is 4.34. The minimum Gasteiger partial charge on any atom is -0.343 e. The molecule has 31 heavy (non-hydrogen) atoms. The molecule has 5 nitrogen and oxygen atoms in total. The number of amides is 3. The molecular weight excluding hydrogens is 395 g/mol. The summed E-state index contributed by atoms with van der Waals surface area (Å²) in [6.07, 6.45) is 9.64. The minimum absolute atomic E-state index is 0.131. The monoisotopic (exact) mass is 428 g/mol. The SMILES string of the molecule is CN(C(=O)C[C@@]1(c2ccccc2F)CC(=O)N(C2CCCCC2)C1=O)C1CCCCC1. The Morgan fingerprint density at radius 3 is 2.29 bits per heavy atom. The zero-order valence-corrected chi connectivity index (χ0v) is 18.4. The molecular formula is C25H33FN2O3. The van der Waals surface area contributed by atoms with Gasteiger partial charge < -0.3 is 4.90 Å². The Bertz CT molecular complexity index is 845. The number of rotatable bonds is 5. The molecule has 1 aromatic rings. The fourth-order valence-electron chi connectivity index (χ4n) is 5.82. The number of halogens is 1. The van der Waals surface area contributed by atoms with E-state index in [1.807, 2.05) is 0 Å². The Morgan fingerprint density at radius 2 is 1.65 bits per heavy atom. The van der Waals surface area contributed by atoms with Crippen LogP contribution in [0, 0.1) is 5.82 Å². The summed E-state index contributed by atoms with van der Waals surface area (Å²) in [6.45, 7) is 0. The van der Waals surface area contributed by atoms with Crippen molar-refractivity contribution in [2.45, 2.75) is 94.5 Å². The third-order valence-corrected chi connectivity index (χ3v) is 7.65. The van der Waals surface area contributed by atoms with Crippen LogP contribution in [-0.2, 0) is 19.8 Å². The lowest BCUT2D eigenvalue weighted by atomic mass is 9.75. The fraction of sp³-hybridized carbons (Fsp3) is 0.640. The first-order valence-electron chi connectivity index (χ1n) is 11.8. The highest BCUT2D eigenvalue weighted by Gasteiger charge is 2.56. The van der Waals surface area contributed by atoms with Crippen LogP contribution in [0.15, 0.2) is 24.3 Å². The standard InChI is InChI=1S/C25H33FN2O3/c1-27(18-10-4-2-5-11-18)22(29)16-25(20-14-8-9-15-21(20)26)17-23(30)28(24(25)31)19-12-6-3-7-13-19/h8-9,14-15,18-19H,2-7,10-13,16-17H2,1H3/t25-/m0/s1. The Kier molecular flexibility index (Phi) is 6.44. The van der Waals surface area contributed by atoms with Crippen LogP contribution in [0.5, 0.6) is 0 Å². The van der Waals surface area contributed by atoms with Gasteiger partial charge in [-0.1, -0.05) is 56.7 Å². The first-order chi connectivity index (χ1) is 14.9. The minimum atomic E-state index is -1.44. The third kappa shape index (κ3) is 4.13. The van der Waals surface area contributed by atoms with Crippen molar-refractivity contribution in [3.63, 3.8) is 0 Å². The highest BCUT2D eigenvalue weighted by Crippen LogP contribution is 2.44. The van der Waals surface area contributed by atoms with Crippen LogP contribution < -0.4 is 0 Å². The number of carbonyl (C=O) groups is 3. The van der Waals surface area contributed by atoms with E-state index >= 15 is 0 Å². The van der Waals surface area contributed by atoms with E-state index in [0.29, 0.717) is 0 Å². The van der Waals surface area contributed by atoms with Gasteiger partial charge in [-0.3, -0.25) is 19.3 Å². The second-order valence-electron chi connectivity index (χ2n) is 9.57. The average molecular weight is 429 g/mol. The van der Waals surface area contributed by atoms with Crippen molar-refractivity contribution in [3.8, 4) is 0 Å².